The molecule has 5 heterocycles. The van der Waals surface area contributed by atoms with E-state index in [4.69, 9.17) is 29.9 Å². The van der Waals surface area contributed by atoms with Crippen LogP contribution in [0.15, 0.2) is 97.1 Å². The summed E-state index contributed by atoms with van der Waals surface area (Å²) in [5.74, 6) is 2.39. The number of nitrogens with zero attached hydrogens (tertiary/aromatic N) is 6. The Morgan fingerprint density at radius 2 is 0.571 bits per heavy atom. The van der Waals surface area contributed by atoms with E-state index in [1.165, 1.54) is 0 Å². The molecule has 2 aliphatic rings. The topological polar surface area (TPSA) is 109 Å². The molecular weight excluding hydrogens is 597 g/mol. The smallest absolute Gasteiger partial charge is 0.164 e. The van der Waals surface area contributed by atoms with Gasteiger partial charge in [0.05, 0.1) is 0 Å². The summed E-state index contributed by atoms with van der Waals surface area (Å²) in [7, 11) is 0. The van der Waals surface area contributed by atoms with E-state index in [-0.39, 0.29) is 31.9 Å². The molecule has 2 N–H and O–H groups in total. The molecule has 196 valence electrons. The number of hydrogen-bond donors (Lipinski definition) is 2. The fraction of sp³-hybridized carbons (Fsp3) is 0. The van der Waals surface area contributed by atoms with Gasteiger partial charge in [-0.3, -0.25) is 0 Å². The van der Waals surface area contributed by atoms with Gasteiger partial charge in [0.25, 0.3) is 0 Å². The fourth-order valence-electron chi connectivity index (χ4n) is 5.59. The Bertz CT molecular complexity index is 2040. The summed E-state index contributed by atoms with van der Waals surface area (Å²) in [6, 6.07) is 32.2. The normalized spacial score (nSPS) is 11.4. The molecule has 8 bridgehead atoms. The maximum absolute atomic E-state index is 5.02. The average Bonchev–Trinajstić information content (AvgIpc) is 3.73. The van der Waals surface area contributed by atoms with Crippen molar-refractivity contribution in [3.05, 3.63) is 97.1 Å². The first-order valence-corrected chi connectivity index (χ1v) is 13.0. The van der Waals surface area contributed by atoms with Gasteiger partial charge in [-0.1, -0.05) is 97.1 Å². The molecule has 42 heavy (non-hydrogen) atoms. The number of benzene rings is 4. The minimum Gasteiger partial charge on any atom is -0.324 e. The van der Waals surface area contributed by atoms with Crippen molar-refractivity contribution in [2.45, 2.75) is 0 Å². The van der Waals surface area contributed by atoms with E-state index in [1.54, 1.807) is 0 Å². The standard InChI is InChI=1S/C32H18N8.ClH.Zn/c1-2-10-18-17(9-1)25-33-26(18)38-28-21-13-5-6-14-22(21)30(35-28)40-32-24-16-8-7-15-23(24)31(36-32)39-29-20-12-4-3-11-19(20)27(34-29)37-25;;/h1-16H,(H2,33,34,35,36,37,38,39,40);1H;. The number of rotatable bonds is 0. The quantitative estimate of drug-likeness (QED) is 0.173. The largest absolute Gasteiger partial charge is 0.324 e. The summed E-state index contributed by atoms with van der Waals surface area (Å²) in [4.78, 5) is 36.8. The van der Waals surface area contributed by atoms with Crippen molar-refractivity contribution >= 4 is 56.5 Å². The Hall–Kier alpha value is -4.85. The van der Waals surface area contributed by atoms with Gasteiger partial charge in [0, 0.05) is 63.3 Å². The Labute approximate surface area is 257 Å². The summed E-state index contributed by atoms with van der Waals surface area (Å²) in [5, 5.41) is 3.82. The van der Waals surface area contributed by atoms with Crippen LogP contribution in [-0.4, -0.2) is 39.9 Å². The third-order valence-electron chi connectivity index (χ3n) is 7.46. The second-order valence-corrected chi connectivity index (χ2v) is 9.79. The van der Waals surface area contributed by atoms with E-state index in [9.17, 15) is 0 Å². The van der Waals surface area contributed by atoms with Crippen LogP contribution in [0.25, 0.3) is 89.7 Å². The zero-order valence-corrected chi connectivity index (χ0v) is 25.8. The molecule has 10 heteroatoms. The van der Waals surface area contributed by atoms with Gasteiger partial charge in [-0.2, -0.15) is 0 Å². The van der Waals surface area contributed by atoms with E-state index in [0.29, 0.717) is 45.9 Å². The van der Waals surface area contributed by atoms with E-state index >= 15 is 0 Å². The van der Waals surface area contributed by atoms with E-state index in [0.717, 1.165) is 43.8 Å². The zero-order chi connectivity index (χ0) is 26.2. The van der Waals surface area contributed by atoms with Crippen LogP contribution in [-0.2, 0) is 19.5 Å². The van der Waals surface area contributed by atoms with Crippen molar-refractivity contribution in [1.29, 1.82) is 0 Å². The molecule has 0 saturated carbocycles. The first kappa shape index (κ1) is 26.1. The predicted octanol–water partition coefficient (Wildman–Crippen LogP) is 7.29. The number of fused-ring (bicyclic) bond motifs is 20. The SMILES string of the molecule is Cl.[Zn].c1ccc2c(c1)-c1nc-2nc2[nH]c(nc3nc(nc4[nH]c(n1)c1ccccc41)-c1ccccc1-3)c1ccccc21. The van der Waals surface area contributed by atoms with Gasteiger partial charge in [0.2, 0.25) is 0 Å². The molecule has 0 amide bonds. The number of hydrogen-bond acceptors (Lipinski definition) is 6. The summed E-state index contributed by atoms with van der Waals surface area (Å²) in [5.41, 5.74) is 6.45. The van der Waals surface area contributed by atoms with Crippen LogP contribution in [0.3, 0.4) is 0 Å². The van der Waals surface area contributed by atoms with E-state index < -0.39 is 0 Å². The van der Waals surface area contributed by atoms with Crippen LogP contribution in [0, 0.1) is 0 Å². The molecule has 9 rings (SSSR count). The van der Waals surface area contributed by atoms with Crippen LogP contribution in [0.1, 0.15) is 0 Å². The minimum atomic E-state index is 0. The average molecular weight is 616 g/mol. The van der Waals surface area contributed by atoms with Gasteiger partial charge >= 0.3 is 0 Å². The van der Waals surface area contributed by atoms with Crippen molar-refractivity contribution in [1.82, 2.24) is 39.9 Å². The van der Waals surface area contributed by atoms with Gasteiger partial charge in [-0.25, -0.2) is 29.9 Å². The fourth-order valence-corrected chi connectivity index (χ4v) is 5.59. The Kier molecular flexibility index (Phi) is 6.15. The van der Waals surface area contributed by atoms with Crippen molar-refractivity contribution in [2.75, 3.05) is 0 Å². The number of H-pyrrole nitrogens is 2. The molecule has 7 aromatic rings. The summed E-state index contributed by atoms with van der Waals surface area (Å²) in [6.07, 6.45) is 0. The molecule has 0 fully saturated rings. The van der Waals surface area contributed by atoms with Gasteiger partial charge in [0.1, 0.15) is 22.6 Å². The maximum atomic E-state index is 5.02. The Morgan fingerprint density at radius 3 is 0.833 bits per heavy atom. The number of aromatic amines is 2. The monoisotopic (exact) mass is 614 g/mol. The number of halogens is 1. The molecule has 0 aliphatic carbocycles. The van der Waals surface area contributed by atoms with Crippen LogP contribution in [0.5, 0.6) is 0 Å². The van der Waals surface area contributed by atoms with Crippen LogP contribution in [0.4, 0.5) is 0 Å². The first-order chi connectivity index (χ1) is 19.8. The molecule has 0 atom stereocenters. The second-order valence-electron chi connectivity index (χ2n) is 9.79. The molecule has 0 saturated heterocycles. The van der Waals surface area contributed by atoms with Crippen molar-refractivity contribution < 1.29 is 19.5 Å². The molecule has 3 aromatic heterocycles. The molecule has 0 radical (unpaired) electrons. The van der Waals surface area contributed by atoms with Crippen molar-refractivity contribution in [3.8, 4) is 45.6 Å². The molecular formula is C32H19ClN8Zn. The van der Waals surface area contributed by atoms with Crippen molar-refractivity contribution in [3.63, 3.8) is 0 Å². The van der Waals surface area contributed by atoms with Gasteiger partial charge in [-0.05, 0) is 0 Å². The molecule has 8 nitrogen and oxygen atoms in total. The van der Waals surface area contributed by atoms with Crippen molar-refractivity contribution in [2.24, 2.45) is 0 Å². The zero-order valence-electron chi connectivity index (χ0n) is 22.0. The number of nitrogens with one attached hydrogen (secondary N) is 2. The minimum absolute atomic E-state index is 0. The first-order valence-electron chi connectivity index (χ1n) is 13.0. The summed E-state index contributed by atoms with van der Waals surface area (Å²) in [6.45, 7) is 0. The third kappa shape index (κ3) is 3.85. The van der Waals surface area contributed by atoms with E-state index in [2.05, 4.69) is 9.97 Å². The van der Waals surface area contributed by atoms with Crippen LogP contribution < -0.4 is 0 Å². The van der Waals surface area contributed by atoms with Gasteiger partial charge < -0.3 is 9.97 Å². The summed E-state index contributed by atoms with van der Waals surface area (Å²) < 4.78 is 0. The maximum Gasteiger partial charge on any atom is 0.164 e. The van der Waals surface area contributed by atoms with E-state index in [1.807, 2.05) is 97.1 Å². The number of aromatic nitrogens is 8. The summed E-state index contributed by atoms with van der Waals surface area (Å²) >= 11 is 0. The molecule has 2 aliphatic heterocycles. The predicted molar refractivity (Wildman–Crippen MR) is 163 cm³/mol. The molecule has 0 unspecified atom stereocenters. The van der Waals surface area contributed by atoms with Gasteiger partial charge in [-0.15, -0.1) is 12.4 Å². The second kappa shape index (κ2) is 9.91. The Balaban J connectivity index is 0.00000144. The molecule has 4 aromatic carbocycles. The van der Waals surface area contributed by atoms with Crippen LogP contribution in [0.2, 0.25) is 0 Å². The Morgan fingerprint density at radius 1 is 0.333 bits per heavy atom. The van der Waals surface area contributed by atoms with Crippen LogP contribution >= 0.6 is 12.4 Å². The van der Waals surface area contributed by atoms with Gasteiger partial charge in [0.15, 0.2) is 23.3 Å². The molecule has 0 spiro atoms. The third-order valence-corrected chi connectivity index (χ3v) is 7.46.